The highest BCUT2D eigenvalue weighted by atomic mass is 35.5. The summed E-state index contributed by atoms with van der Waals surface area (Å²) in [4.78, 5) is 25.4. The first-order valence-electron chi connectivity index (χ1n) is 10.5. The molecule has 6 nitrogen and oxygen atoms in total. The fourth-order valence-electron chi connectivity index (χ4n) is 4.04. The van der Waals surface area contributed by atoms with E-state index in [1.54, 1.807) is 28.8 Å². The Labute approximate surface area is 192 Å². The molecule has 3 rings (SSSR count). The number of halogens is 1. The zero-order valence-electron chi connectivity index (χ0n) is 18.9. The molecule has 7 heteroatoms. The van der Waals surface area contributed by atoms with E-state index in [4.69, 9.17) is 11.6 Å². The molecule has 1 atom stereocenters. The van der Waals surface area contributed by atoms with Gasteiger partial charge in [-0.1, -0.05) is 58.4 Å². The number of aromatic nitrogens is 1. The van der Waals surface area contributed by atoms with Crippen molar-refractivity contribution in [3.8, 4) is 16.9 Å². The predicted octanol–water partition coefficient (Wildman–Crippen LogP) is 6.04. The number of pyridine rings is 1. The first kappa shape index (κ1) is 23.7. The van der Waals surface area contributed by atoms with Crippen LogP contribution in [0.25, 0.3) is 21.9 Å². The van der Waals surface area contributed by atoms with E-state index in [0.717, 1.165) is 5.56 Å². The molecule has 0 radical (unpaired) electrons. The molecule has 170 valence electrons. The number of fused-ring (bicyclic) bond motifs is 1. The zero-order chi connectivity index (χ0) is 23.8. The van der Waals surface area contributed by atoms with Gasteiger partial charge in [-0.15, -0.1) is 0 Å². The van der Waals surface area contributed by atoms with Gasteiger partial charge in [0.1, 0.15) is 5.75 Å². The molecular formula is C25H29ClN2O4. The lowest BCUT2D eigenvalue weighted by molar-refractivity contribution is 0.172. The fraction of sp³-hybridized carbons (Fsp3) is 0.360. The average molecular weight is 457 g/mol. The molecule has 1 heterocycles. The van der Waals surface area contributed by atoms with E-state index in [9.17, 15) is 19.8 Å². The number of carboxylic acid groups (broad SMARTS) is 1. The smallest absolute Gasteiger partial charge is 0.405 e. The molecule has 0 fully saturated rings. The third-order valence-corrected chi connectivity index (χ3v) is 5.63. The summed E-state index contributed by atoms with van der Waals surface area (Å²) in [5.41, 5.74) is 1.28. The first-order valence-corrected chi connectivity index (χ1v) is 10.9. The summed E-state index contributed by atoms with van der Waals surface area (Å²) in [6.07, 6.45) is -1.17. The molecule has 0 aliphatic rings. The minimum atomic E-state index is -1.17. The van der Waals surface area contributed by atoms with Crippen LogP contribution in [0.1, 0.15) is 46.4 Å². The van der Waals surface area contributed by atoms with Gasteiger partial charge in [0.25, 0.3) is 5.56 Å². The Morgan fingerprint density at radius 3 is 2.25 bits per heavy atom. The van der Waals surface area contributed by atoms with Crippen molar-refractivity contribution < 1.29 is 15.0 Å². The molecule has 3 aromatic rings. The maximum atomic E-state index is 13.6. The van der Waals surface area contributed by atoms with E-state index in [2.05, 4.69) is 5.32 Å². The van der Waals surface area contributed by atoms with Gasteiger partial charge in [-0.3, -0.25) is 4.79 Å². The van der Waals surface area contributed by atoms with Gasteiger partial charge < -0.3 is 20.1 Å². The summed E-state index contributed by atoms with van der Waals surface area (Å²) in [7, 11) is 0. The Morgan fingerprint density at radius 2 is 1.72 bits per heavy atom. The average Bonchev–Trinajstić information content (AvgIpc) is 2.68. The van der Waals surface area contributed by atoms with Crippen molar-refractivity contribution in [2.45, 2.75) is 47.2 Å². The van der Waals surface area contributed by atoms with Gasteiger partial charge in [-0.2, -0.15) is 0 Å². The lowest BCUT2D eigenvalue weighted by Gasteiger charge is -2.35. The number of hydrogen-bond donors (Lipinski definition) is 3. The van der Waals surface area contributed by atoms with Crippen molar-refractivity contribution >= 4 is 28.5 Å². The van der Waals surface area contributed by atoms with Crippen LogP contribution in [0.15, 0.2) is 47.3 Å². The second kappa shape index (κ2) is 8.87. The highest BCUT2D eigenvalue weighted by molar-refractivity contribution is 6.30. The summed E-state index contributed by atoms with van der Waals surface area (Å²) in [6.45, 7) is 10.2. The molecule has 1 aromatic heterocycles. The van der Waals surface area contributed by atoms with Gasteiger partial charge in [-0.25, -0.2) is 4.79 Å². The summed E-state index contributed by atoms with van der Waals surface area (Å²) in [5, 5.41) is 24.1. The number of nitrogens with zero attached hydrogens (tertiary/aromatic N) is 1. The molecule has 0 saturated carbocycles. The van der Waals surface area contributed by atoms with Crippen LogP contribution >= 0.6 is 11.6 Å². The quantitative estimate of drug-likeness (QED) is 0.436. The Morgan fingerprint density at radius 1 is 1.09 bits per heavy atom. The van der Waals surface area contributed by atoms with Gasteiger partial charge in [0, 0.05) is 27.9 Å². The Kier molecular flexibility index (Phi) is 6.56. The third kappa shape index (κ3) is 4.75. The molecule has 2 aromatic carbocycles. The monoisotopic (exact) mass is 456 g/mol. The van der Waals surface area contributed by atoms with Crippen LogP contribution in [0.5, 0.6) is 5.75 Å². The SMILES string of the molecule is CC(C)Cn1c(C(NC(=O)O)C(C)(C)C)c(-c2ccc(Cl)cc2)c2cc(O)ccc2c1=O. The minimum absolute atomic E-state index is 0.0261. The molecule has 0 spiro atoms. The molecule has 0 saturated heterocycles. The van der Waals surface area contributed by atoms with Crippen LogP contribution in [-0.2, 0) is 6.54 Å². The second-order valence-electron chi connectivity index (χ2n) is 9.56. The number of hydrogen-bond acceptors (Lipinski definition) is 3. The standard InChI is InChI=1S/C25H29ClN2O4/c1-14(2)13-28-21(22(25(3,4)5)27-24(31)32)20(15-6-8-16(26)9-7-15)19-12-17(29)10-11-18(19)23(28)30/h6-12,14,22,27,29H,13H2,1-5H3,(H,31,32). The maximum Gasteiger partial charge on any atom is 0.405 e. The first-order chi connectivity index (χ1) is 14.9. The molecule has 0 bridgehead atoms. The Balaban J connectivity index is 2.58. The maximum absolute atomic E-state index is 13.6. The highest BCUT2D eigenvalue weighted by Crippen LogP contribution is 2.41. The van der Waals surface area contributed by atoms with E-state index in [1.165, 1.54) is 6.07 Å². The Bertz CT molecular complexity index is 1210. The lowest BCUT2D eigenvalue weighted by Crippen LogP contribution is -2.40. The molecular weight excluding hydrogens is 428 g/mol. The summed E-state index contributed by atoms with van der Waals surface area (Å²) >= 11 is 6.13. The number of benzene rings is 2. The van der Waals surface area contributed by atoms with Crippen molar-refractivity contribution in [1.82, 2.24) is 9.88 Å². The van der Waals surface area contributed by atoms with Crippen molar-refractivity contribution in [3.05, 3.63) is 63.5 Å². The topological polar surface area (TPSA) is 91.6 Å². The lowest BCUT2D eigenvalue weighted by atomic mass is 9.80. The van der Waals surface area contributed by atoms with Crippen molar-refractivity contribution in [2.75, 3.05) is 0 Å². The van der Waals surface area contributed by atoms with E-state index in [1.807, 2.05) is 46.8 Å². The third-order valence-electron chi connectivity index (χ3n) is 5.38. The van der Waals surface area contributed by atoms with Gasteiger partial charge in [0.2, 0.25) is 0 Å². The second-order valence-corrected chi connectivity index (χ2v) is 9.99. The van der Waals surface area contributed by atoms with Crippen LogP contribution in [0.4, 0.5) is 4.79 Å². The van der Waals surface area contributed by atoms with E-state index in [-0.39, 0.29) is 17.2 Å². The van der Waals surface area contributed by atoms with Crippen LogP contribution in [0, 0.1) is 11.3 Å². The Hall–Kier alpha value is -2.99. The molecule has 0 aliphatic heterocycles. The molecule has 1 amide bonds. The number of nitrogens with one attached hydrogen (secondary N) is 1. The summed E-state index contributed by atoms with van der Waals surface area (Å²) < 4.78 is 1.68. The highest BCUT2D eigenvalue weighted by Gasteiger charge is 2.34. The van der Waals surface area contributed by atoms with Crippen LogP contribution in [0.3, 0.4) is 0 Å². The van der Waals surface area contributed by atoms with Crippen LogP contribution in [0.2, 0.25) is 5.02 Å². The predicted molar refractivity (Wildman–Crippen MR) is 129 cm³/mol. The normalized spacial score (nSPS) is 12.8. The largest absolute Gasteiger partial charge is 0.508 e. The number of phenolic OH excluding ortho intramolecular Hbond substituents is 1. The number of aromatic hydroxyl groups is 1. The molecule has 1 unspecified atom stereocenters. The van der Waals surface area contributed by atoms with Crippen molar-refractivity contribution in [2.24, 2.45) is 11.3 Å². The fourth-order valence-corrected chi connectivity index (χ4v) is 4.16. The summed E-state index contributed by atoms with van der Waals surface area (Å²) in [5.74, 6) is 0.169. The van der Waals surface area contributed by atoms with Crippen molar-refractivity contribution in [1.29, 1.82) is 0 Å². The molecule has 32 heavy (non-hydrogen) atoms. The number of rotatable bonds is 5. The van der Waals surface area contributed by atoms with E-state index >= 15 is 0 Å². The van der Waals surface area contributed by atoms with Gasteiger partial charge in [-0.05, 0) is 47.2 Å². The minimum Gasteiger partial charge on any atom is -0.508 e. The van der Waals surface area contributed by atoms with Gasteiger partial charge >= 0.3 is 6.09 Å². The van der Waals surface area contributed by atoms with Gasteiger partial charge in [0.05, 0.1) is 11.7 Å². The zero-order valence-corrected chi connectivity index (χ0v) is 19.7. The van der Waals surface area contributed by atoms with Crippen LogP contribution < -0.4 is 10.9 Å². The number of phenols is 1. The van der Waals surface area contributed by atoms with Crippen LogP contribution in [-0.4, -0.2) is 20.9 Å². The van der Waals surface area contributed by atoms with E-state index < -0.39 is 17.6 Å². The number of carbonyl (C=O) groups is 1. The van der Waals surface area contributed by atoms with E-state index in [0.29, 0.717) is 33.6 Å². The van der Waals surface area contributed by atoms with Crippen molar-refractivity contribution in [3.63, 3.8) is 0 Å². The molecule has 3 N–H and O–H groups in total. The summed E-state index contributed by atoms with van der Waals surface area (Å²) in [6, 6.07) is 11.2. The number of amides is 1. The molecule has 0 aliphatic carbocycles. The van der Waals surface area contributed by atoms with Gasteiger partial charge in [0.15, 0.2) is 0 Å².